The van der Waals surface area contributed by atoms with E-state index < -0.39 is 0 Å². The number of anilines is 2. The summed E-state index contributed by atoms with van der Waals surface area (Å²) in [4.78, 5) is 11.8. The van der Waals surface area contributed by atoms with E-state index in [9.17, 15) is 4.79 Å². The summed E-state index contributed by atoms with van der Waals surface area (Å²) < 4.78 is 0. The van der Waals surface area contributed by atoms with E-state index in [4.69, 9.17) is 5.73 Å². The Labute approximate surface area is 114 Å². The molecule has 0 atom stereocenters. The van der Waals surface area contributed by atoms with Gasteiger partial charge in [0.1, 0.15) is 0 Å². The number of amides is 2. The molecule has 2 rings (SSSR count). The fraction of sp³-hybridized carbons (Fsp3) is 0.533. The third-order valence-corrected chi connectivity index (χ3v) is 3.73. The number of aryl methyl sites for hydroxylation is 1. The van der Waals surface area contributed by atoms with Crippen LogP contribution in [-0.4, -0.2) is 12.6 Å². The minimum atomic E-state index is -0.164. The van der Waals surface area contributed by atoms with Gasteiger partial charge in [-0.05, 0) is 43.4 Å². The molecule has 0 spiro atoms. The molecule has 4 N–H and O–H groups in total. The maximum atomic E-state index is 11.8. The highest BCUT2D eigenvalue weighted by molar-refractivity contribution is 5.92. The lowest BCUT2D eigenvalue weighted by molar-refractivity contribution is 0.247. The van der Waals surface area contributed by atoms with Crippen molar-refractivity contribution in [3.8, 4) is 0 Å². The Morgan fingerprint density at radius 1 is 1.32 bits per heavy atom. The lowest BCUT2D eigenvalue weighted by atomic mass is 9.89. The van der Waals surface area contributed by atoms with Crippen molar-refractivity contribution in [2.75, 3.05) is 17.6 Å². The second-order valence-corrected chi connectivity index (χ2v) is 5.43. The van der Waals surface area contributed by atoms with Crippen LogP contribution in [0.25, 0.3) is 0 Å². The van der Waals surface area contributed by atoms with Gasteiger partial charge in [-0.15, -0.1) is 0 Å². The molecule has 0 saturated heterocycles. The zero-order valence-electron chi connectivity index (χ0n) is 11.5. The number of rotatable bonds is 3. The van der Waals surface area contributed by atoms with Crippen LogP contribution in [0.4, 0.5) is 16.2 Å². The van der Waals surface area contributed by atoms with Gasteiger partial charge in [-0.25, -0.2) is 4.79 Å². The van der Waals surface area contributed by atoms with Crippen LogP contribution >= 0.6 is 0 Å². The van der Waals surface area contributed by atoms with Gasteiger partial charge in [0.15, 0.2) is 0 Å². The lowest BCUT2D eigenvalue weighted by Crippen LogP contribution is -2.33. The molecule has 1 aromatic carbocycles. The Morgan fingerprint density at radius 2 is 2.05 bits per heavy atom. The van der Waals surface area contributed by atoms with E-state index in [0.717, 1.165) is 12.1 Å². The summed E-state index contributed by atoms with van der Waals surface area (Å²) in [6.07, 6.45) is 6.37. The SMILES string of the molecule is Cc1ccc(N)c(NC(=O)NCC2CCCCC2)c1. The first kappa shape index (κ1) is 13.7. The van der Waals surface area contributed by atoms with Crippen molar-refractivity contribution in [2.24, 2.45) is 5.92 Å². The zero-order chi connectivity index (χ0) is 13.7. The van der Waals surface area contributed by atoms with Crippen LogP contribution in [0.2, 0.25) is 0 Å². The smallest absolute Gasteiger partial charge is 0.319 e. The summed E-state index contributed by atoms with van der Waals surface area (Å²) in [6, 6.07) is 5.46. The van der Waals surface area contributed by atoms with Crippen LogP contribution in [0.3, 0.4) is 0 Å². The van der Waals surface area contributed by atoms with Crippen molar-refractivity contribution in [3.63, 3.8) is 0 Å². The summed E-state index contributed by atoms with van der Waals surface area (Å²) in [7, 11) is 0. The van der Waals surface area contributed by atoms with E-state index in [1.807, 2.05) is 25.1 Å². The second kappa shape index (κ2) is 6.45. The number of nitrogens with two attached hydrogens (primary N) is 1. The number of hydrogen-bond acceptors (Lipinski definition) is 2. The first-order valence-corrected chi connectivity index (χ1v) is 7.06. The molecule has 1 fully saturated rings. The monoisotopic (exact) mass is 261 g/mol. The molecule has 0 bridgehead atoms. The van der Waals surface area contributed by atoms with Crippen molar-refractivity contribution < 1.29 is 4.79 Å². The van der Waals surface area contributed by atoms with Gasteiger partial charge in [0.05, 0.1) is 11.4 Å². The first-order chi connectivity index (χ1) is 9.15. The van der Waals surface area contributed by atoms with E-state index in [1.165, 1.54) is 32.1 Å². The average molecular weight is 261 g/mol. The Kier molecular flexibility index (Phi) is 4.66. The number of nitrogen functional groups attached to an aromatic ring is 1. The molecule has 2 amide bonds. The van der Waals surface area contributed by atoms with Gasteiger partial charge in [0, 0.05) is 6.54 Å². The third kappa shape index (κ3) is 4.16. The van der Waals surface area contributed by atoms with Crippen LogP contribution in [0.15, 0.2) is 18.2 Å². The van der Waals surface area contributed by atoms with Crippen LogP contribution in [0.5, 0.6) is 0 Å². The molecule has 104 valence electrons. The molecule has 0 aromatic heterocycles. The standard InChI is InChI=1S/C15H23N3O/c1-11-7-8-13(16)14(9-11)18-15(19)17-10-12-5-3-2-4-6-12/h7-9,12H,2-6,10,16H2,1H3,(H2,17,18,19). The summed E-state index contributed by atoms with van der Waals surface area (Å²) >= 11 is 0. The predicted molar refractivity (Wildman–Crippen MR) is 79.2 cm³/mol. The van der Waals surface area contributed by atoms with Crippen molar-refractivity contribution in [1.29, 1.82) is 0 Å². The fourth-order valence-corrected chi connectivity index (χ4v) is 2.57. The number of benzene rings is 1. The van der Waals surface area contributed by atoms with E-state index in [2.05, 4.69) is 10.6 Å². The van der Waals surface area contributed by atoms with E-state index >= 15 is 0 Å². The quantitative estimate of drug-likeness (QED) is 0.731. The summed E-state index contributed by atoms with van der Waals surface area (Å²) in [5.74, 6) is 0.634. The fourth-order valence-electron chi connectivity index (χ4n) is 2.57. The van der Waals surface area contributed by atoms with Crippen LogP contribution < -0.4 is 16.4 Å². The molecule has 0 unspecified atom stereocenters. The third-order valence-electron chi connectivity index (χ3n) is 3.73. The van der Waals surface area contributed by atoms with Crippen molar-refractivity contribution in [3.05, 3.63) is 23.8 Å². The van der Waals surface area contributed by atoms with Gasteiger partial charge in [-0.3, -0.25) is 0 Å². The van der Waals surface area contributed by atoms with E-state index in [1.54, 1.807) is 0 Å². The summed E-state index contributed by atoms with van der Waals surface area (Å²) in [5, 5.41) is 5.76. The molecule has 0 radical (unpaired) electrons. The number of urea groups is 1. The first-order valence-electron chi connectivity index (χ1n) is 7.06. The highest BCUT2D eigenvalue weighted by Gasteiger charge is 2.14. The summed E-state index contributed by atoms with van der Waals surface area (Å²) in [5.41, 5.74) is 8.19. The Hall–Kier alpha value is -1.71. The van der Waals surface area contributed by atoms with Gasteiger partial charge in [-0.2, -0.15) is 0 Å². The van der Waals surface area contributed by atoms with Crippen LogP contribution in [0.1, 0.15) is 37.7 Å². The molecule has 0 heterocycles. The minimum absolute atomic E-state index is 0.164. The highest BCUT2D eigenvalue weighted by atomic mass is 16.2. The minimum Gasteiger partial charge on any atom is -0.397 e. The highest BCUT2D eigenvalue weighted by Crippen LogP contribution is 2.23. The Bertz CT molecular complexity index is 439. The molecule has 1 aromatic rings. The Morgan fingerprint density at radius 3 is 2.79 bits per heavy atom. The van der Waals surface area contributed by atoms with Gasteiger partial charge < -0.3 is 16.4 Å². The topological polar surface area (TPSA) is 67.1 Å². The van der Waals surface area contributed by atoms with Crippen molar-refractivity contribution in [1.82, 2.24) is 5.32 Å². The van der Waals surface area contributed by atoms with Gasteiger partial charge >= 0.3 is 6.03 Å². The molecular formula is C15H23N3O. The number of carbonyl (C=O) groups is 1. The van der Waals surface area contributed by atoms with Crippen molar-refractivity contribution in [2.45, 2.75) is 39.0 Å². The maximum Gasteiger partial charge on any atom is 0.319 e. The number of nitrogens with one attached hydrogen (secondary N) is 2. The van der Waals surface area contributed by atoms with E-state index in [-0.39, 0.29) is 6.03 Å². The number of hydrogen-bond donors (Lipinski definition) is 3. The van der Waals surface area contributed by atoms with Crippen LogP contribution in [0, 0.1) is 12.8 Å². The second-order valence-electron chi connectivity index (χ2n) is 5.43. The normalized spacial score (nSPS) is 16.1. The predicted octanol–water partition coefficient (Wildman–Crippen LogP) is 3.28. The van der Waals surface area contributed by atoms with Crippen molar-refractivity contribution >= 4 is 17.4 Å². The molecule has 1 aliphatic rings. The van der Waals surface area contributed by atoms with E-state index in [0.29, 0.717) is 17.3 Å². The molecule has 0 aliphatic heterocycles. The van der Waals surface area contributed by atoms with Crippen LogP contribution in [-0.2, 0) is 0 Å². The van der Waals surface area contributed by atoms with Gasteiger partial charge in [0.25, 0.3) is 0 Å². The number of carbonyl (C=O) groups excluding carboxylic acids is 1. The lowest BCUT2D eigenvalue weighted by Gasteiger charge is -2.21. The van der Waals surface area contributed by atoms with Gasteiger partial charge in [-0.1, -0.05) is 25.3 Å². The zero-order valence-corrected chi connectivity index (χ0v) is 11.5. The van der Waals surface area contributed by atoms with Gasteiger partial charge in [0.2, 0.25) is 0 Å². The molecule has 1 saturated carbocycles. The maximum absolute atomic E-state index is 11.8. The molecule has 4 heteroatoms. The Balaban J connectivity index is 1.81. The summed E-state index contributed by atoms with van der Waals surface area (Å²) in [6.45, 7) is 2.74. The largest absolute Gasteiger partial charge is 0.397 e. The molecule has 4 nitrogen and oxygen atoms in total. The molecule has 19 heavy (non-hydrogen) atoms. The molecular weight excluding hydrogens is 238 g/mol. The average Bonchev–Trinajstić information content (AvgIpc) is 2.42. The molecule has 1 aliphatic carbocycles.